The maximum Gasteiger partial charge on any atom is 0.284 e. The molecule has 158 valence electrons. The van der Waals surface area contributed by atoms with Gasteiger partial charge in [0.2, 0.25) is 6.10 Å². The first-order valence-corrected chi connectivity index (χ1v) is 10.4. The van der Waals surface area contributed by atoms with Crippen LogP contribution in [0.5, 0.6) is 17.2 Å². The number of benzene rings is 2. The Morgan fingerprint density at radius 3 is 2.73 bits per heavy atom. The Morgan fingerprint density at radius 2 is 1.93 bits per heavy atom. The van der Waals surface area contributed by atoms with Gasteiger partial charge in [0.15, 0.2) is 11.5 Å². The molecule has 2 aromatic rings. The van der Waals surface area contributed by atoms with Gasteiger partial charge in [-0.05, 0) is 68.8 Å². The van der Waals surface area contributed by atoms with E-state index in [0.717, 1.165) is 24.2 Å². The maximum atomic E-state index is 12.5. The molecule has 0 saturated carbocycles. The lowest BCUT2D eigenvalue weighted by atomic mass is 10.0. The standard InChI is InChI=1S/C23H27N3O4/c1-16(17-9-10-19(27)18(13-17)14-26-11-5-2-6-12-26)24-25-23(28)22-15-29-20-7-3-4-8-21(20)30-22/h3-4,7-10,13,22,27H,2,5-6,11-12,14-15H2,1H3,(H,25,28)/b24-16+/t22-/m1/s1. The SMILES string of the molecule is C/C(=N\NC(=O)[C@H]1COc2ccccc2O1)c1ccc(O)c(CN2CCCCC2)c1. The van der Waals surface area contributed by atoms with E-state index in [0.29, 0.717) is 23.8 Å². The van der Waals surface area contributed by atoms with E-state index in [4.69, 9.17) is 9.47 Å². The number of phenols is 1. The molecule has 2 N–H and O–H groups in total. The Bertz CT molecular complexity index is 938. The predicted octanol–water partition coefficient (Wildman–Crippen LogP) is 3.06. The fourth-order valence-electron chi connectivity index (χ4n) is 3.72. The van der Waals surface area contributed by atoms with Crippen LogP contribution in [-0.4, -0.2) is 47.4 Å². The number of aromatic hydroxyl groups is 1. The average Bonchev–Trinajstić information content (AvgIpc) is 2.79. The first-order chi connectivity index (χ1) is 14.6. The minimum Gasteiger partial charge on any atom is -0.508 e. The van der Waals surface area contributed by atoms with Gasteiger partial charge in [0.25, 0.3) is 5.91 Å². The van der Waals surface area contributed by atoms with Crippen molar-refractivity contribution in [1.82, 2.24) is 10.3 Å². The number of fused-ring (bicyclic) bond motifs is 1. The second-order valence-corrected chi connectivity index (χ2v) is 7.72. The summed E-state index contributed by atoms with van der Waals surface area (Å²) in [5.74, 6) is 1.10. The number of nitrogens with zero attached hydrogens (tertiary/aromatic N) is 2. The minimum absolute atomic E-state index is 0.136. The molecule has 1 amide bonds. The monoisotopic (exact) mass is 409 g/mol. The van der Waals surface area contributed by atoms with Crippen LogP contribution in [0.15, 0.2) is 47.6 Å². The van der Waals surface area contributed by atoms with Crippen molar-refractivity contribution >= 4 is 11.6 Å². The number of rotatable bonds is 5. The number of carbonyl (C=O) groups excluding carboxylic acids is 1. The number of piperidine rings is 1. The molecule has 1 atom stereocenters. The van der Waals surface area contributed by atoms with Crippen LogP contribution >= 0.6 is 0 Å². The molecule has 0 aromatic heterocycles. The van der Waals surface area contributed by atoms with Crippen LogP contribution in [-0.2, 0) is 11.3 Å². The van der Waals surface area contributed by atoms with Gasteiger partial charge in [-0.25, -0.2) is 5.43 Å². The zero-order chi connectivity index (χ0) is 20.9. The highest BCUT2D eigenvalue weighted by Crippen LogP contribution is 2.30. The van der Waals surface area contributed by atoms with Crippen LogP contribution in [0.3, 0.4) is 0 Å². The third-order valence-corrected chi connectivity index (χ3v) is 5.47. The fourth-order valence-corrected chi connectivity index (χ4v) is 3.72. The summed E-state index contributed by atoms with van der Waals surface area (Å²) in [6.07, 6.45) is 2.91. The number of hydrazone groups is 1. The Kier molecular flexibility index (Phi) is 6.18. The summed E-state index contributed by atoms with van der Waals surface area (Å²) in [6.45, 7) is 4.78. The molecule has 0 spiro atoms. The Labute approximate surface area is 176 Å². The van der Waals surface area contributed by atoms with Crippen molar-refractivity contribution in [2.24, 2.45) is 5.10 Å². The summed E-state index contributed by atoms with van der Waals surface area (Å²) in [4.78, 5) is 14.8. The Balaban J connectivity index is 1.39. The van der Waals surface area contributed by atoms with Gasteiger partial charge in [-0.15, -0.1) is 0 Å². The van der Waals surface area contributed by atoms with Crippen LogP contribution < -0.4 is 14.9 Å². The van der Waals surface area contributed by atoms with Crippen LogP contribution in [0, 0.1) is 0 Å². The molecule has 1 fully saturated rings. The molecular formula is C23H27N3O4. The van der Waals surface area contributed by atoms with Gasteiger partial charge in [0.05, 0.1) is 5.71 Å². The second kappa shape index (κ2) is 9.17. The number of amides is 1. The van der Waals surface area contributed by atoms with E-state index in [1.54, 1.807) is 24.3 Å². The summed E-state index contributed by atoms with van der Waals surface area (Å²) in [5.41, 5.74) is 4.95. The Morgan fingerprint density at radius 1 is 1.17 bits per heavy atom. The van der Waals surface area contributed by atoms with E-state index in [9.17, 15) is 9.90 Å². The summed E-state index contributed by atoms with van der Waals surface area (Å²) in [6, 6.07) is 12.7. The highest BCUT2D eigenvalue weighted by atomic mass is 16.6. The van der Waals surface area contributed by atoms with Crippen LogP contribution in [0.4, 0.5) is 0 Å². The van der Waals surface area contributed by atoms with E-state index < -0.39 is 6.10 Å². The van der Waals surface area contributed by atoms with E-state index in [1.165, 1.54) is 19.3 Å². The topological polar surface area (TPSA) is 83.4 Å². The predicted molar refractivity (Wildman–Crippen MR) is 114 cm³/mol. The number of likely N-dealkylation sites (tertiary alicyclic amines) is 1. The van der Waals surface area contributed by atoms with Gasteiger partial charge in [0.1, 0.15) is 12.4 Å². The molecule has 2 aliphatic rings. The quantitative estimate of drug-likeness (QED) is 0.586. The molecule has 1 saturated heterocycles. The zero-order valence-corrected chi connectivity index (χ0v) is 17.1. The molecule has 0 radical (unpaired) electrons. The van der Waals surface area contributed by atoms with Gasteiger partial charge in [-0.1, -0.05) is 18.6 Å². The van der Waals surface area contributed by atoms with E-state index in [1.807, 2.05) is 25.1 Å². The number of phenolic OH excluding ortho intramolecular Hbond substituents is 1. The van der Waals surface area contributed by atoms with Crippen LogP contribution in [0.1, 0.15) is 37.3 Å². The van der Waals surface area contributed by atoms with Gasteiger partial charge in [-0.3, -0.25) is 9.69 Å². The molecule has 30 heavy (non-hydrogen) atoms. The highest BCUT2D eigenvalue weighted by Gasteiger charge is 2.27. The molecule has 2 aromatic carbocycles. The van der Waals surface area contributed by atoms with Crippen molar-refractivity contribution in [3.8, 4) is 17.2 Å². The van der Waals surface area contributed by atoms with Gasteiger partial charge in [0, 0.05) is 12.1 Å². The van der Waals surface area contributed by atoms with Gasteiger partial charge >= 0.3 is 0 Å². The highest BCUT2D eigenvalue weighted by molar-refractivity contribution is 5.99. The molecule has 2 heterocycles. The van der Waals surface area contributed by atoms with E-state index in [2.05, 4.69) is 15.4 Å². The van der Waals surface area contributed by atoms with Gasteiger partial charge < -0.3 is 14.6 Å². The zero-order valence-electron chi connectivity index (χ0n) is 17.1. The second-order valence-electron chi connectivity index (χ2n) is 7.72. The molecule has 7 heteroatoms. The molecule has 0 bridgehead atoms. The van der Waals surface area contributed by atoms with Crippen molar-refractivity contribution in [1.29, 1.82) is 0 Å². The first kappa shape index (κ1) is 20.2. The lowest BCUT2D eigenvalue weighted by Gasteiger charge is -2.26. The number of hydrogen-bond acceptors (Lipinski definition) is 6. The average molecular weight is 409 g/mol. The summed E-state index contributed by atoms with van der Waals surface area (Å²) < 4.78 is 11.3. The molecular weight excluding hydrogens is 382 g/mol. The molecule has 2 aliphatic heterocycles. The molecule has 0 unspecified atom stereocenters. The first-order valence-electron chi connectivity index (χ1n) is 10.4. The maximum absolute atomic E-state index is 12.5. The van der Waals surface area contributed by atoms with E-state index in [-0.39, 0.29) is 18.3 Å². The normalized spacial score (nSPS) is 19.4. The third kappa shape index (κ3) is 4.74. The smallest absolute Gasteiger partial charge is 0.284 e. The van der Waals surface area contributed by atoms with Crippen molar-refractivity contribution < 1.29 is 19.4 Å². The number of nitrogens with one attached hydrogen (secondary N) is 1. The lowest BCUT2D eigenvalue weighted by Crippen LogP contribution is -2.42. The van der Waals surface area contributed by atoms with Crippen molar-refractivity contribution in [3.63, 3.8) is 0 Å². The van der Waals surface area contributed by atoms with Crippen molar-refractivity contribution in [2.75, 3.05) is 19.7 Å². The number of hydrogen-bond donors (Lipinski definition) is 2. The number of ether oxygens (including phenoxy) is 2. The number of para-hydroxylation sites is 2. The molecule has 4 rings (SSSR count). The van der Waals surface area contributed by atoms with Crippen molar-refractivity contribution in [3.05, 3.63) is 53.6 Å². The van der Waals surface area contributed by atoms with Gasteiger partial charge in [-0.2, -0.15) is 5.10 Å². The minimum atomic E-state index is -0.758. The van der Waals surface area contributed by atoms with Crippen LogP contribution in [0.25, 0.3) is 0 Å². The van der Waals surface area contributed by atoms with Crippen LogP contribution in [0.2, 0.25) is 0 Å². The summed E-state index contributed by atoms with van der Waals surface area (Å²) in [5, 5.41) is 14.5. The summed E-state index contributed by atoms with van der Waals surface area (Å²) in [7, 11) is 0. The molecule has 7 nitrogen and oxygen atoms in total. The molecule has 0 aliphatic carbocycles. The Hall–Kier alpha value is -3.06. The van der Waals surface area contributed by atoms with Crippen molar-refractivity contribution in [2.45, 2.75) is 38.8 Å². The summed E-state index contributed by atoms with van der Waals surface area (Å²) >= 11 is 0. The largest absolute Gasteiger partial charge is 0.508 e. The lowest BCUT2D eigenvalue weighted by molar-refractivity contribution is -0.130. The number of carbonyl (C=O) groups is 1. The third-order valence-electron chi connectivity index (χ3n) is 5.47. The van der Waals surface area contributed by atoms with E-state index >= 15 is 0 Å². The fraction of sp³-hybridized carbons (Fsp3) is 0.391.